The van der Waals surface area contributed by atoms with Crippen LogP contribution < -0.4 is 11.1 Å². The van der Waals surface area contributed by atoms with Gasteiger partial charge < -0.3 is 26.0 Å². The van der Waals surface area contributed by atoms with E-state index in [4.69, 9.17) is 17.3 Å². The lowest BCUT2D eigenvalue weighted by Gasteiger charge is -2.48. The number of rotatable bonds is 17. The largest absolute Gasteiger partial charge is 0.385 e. The maximum absolute atomic E-state index is 13.8. The quantitative estimate of drug-likeness (QED) is 0.131. The molecular weight excluding hydrogens is 689 g/mol. The van der Waals surface area contributed by atoms with Gasteiger partial charge in [0.2, 0.25) is 5.91 Å². The number of halogens is 2. The molecule has 1 fully saturated rings. The number of likely N-dealkylation sites (N-methyl/N-ethyl adjacent to an activating group) is 2. The average Bonchev–Trinajstić information content (AvgIpc) is 3.16. The summed E-state index contributed by atoms with van der Waals surface area (Å²) in [5.41, 5.74) is 7.24. The van der Waals surface area contributed by atoms with E-state index in [2.05, 4.69) is 74.0 Å². The zero-order chi connectivity index (χ0) is 37.5. The third-order valence-corrected chi connectivity index (χ3v) is 11.6. The Labute approximate surface area is 326 Å². The molecule has 1 heterocycles. The van der Waals surface area contributed by atoms with Crippen molar-refractivity contribution in [3.05, 3.63) is 107 Å². The van der Waals surface area contributed by atoms with Crippen molar-refractivity contribution < 1.29 is 9.90 Å². The number of piperidine rings is 1. The van der Waals surface area contributed by atoms with Gasteiger partial charge in [-0.15, -0.1) is 12.4 Å². The summed E-state index contributed by atoms with van der Waals surface area (Å²) in [6, 6.07) is 28.3. The SMILES string of the molecule is CCC(NCCN)C(CC)(CC)N(CC)CC.CN(C)C(=O)C(CCN1CCC(O)(c2ccc(Cl)cc2)CC1)(c1ccccc1)c1ccccc1.Cl. The summed E-state index contributed by atoms with van der Waals surface area (Å²) in [5.74, 6) is 0.0829. The Hall–Kier alpha value is -2.49. The first kappa shape index (κ1) is 45.7. The first-order valence-electron chi connectivity index (χ1n) is 19.2. The number of aliphatic hydroxyl groups is 1. The maximum atomic E-state index is 13.8. The Kier molecular flexibility index (Phi) is 19.3. The van der Waals surface area contributed by atoms with Gasteiger partial charge in [-0.05, 0) is 87.0 Å². The highest BCUT2D eigenvalue weighted by Gasteiger charge is 2.44. The van der Waals surface area contributed by atoms with Gasteiger partial charge in [0, 0.05) is 56.9 Å². The molecule has 1 amide bonds. The van der Waals surface area contributed by atoms with Crippen LogP contribution in [0, 0.1) is 0 Å². The van der Waals surface area contributed by atoms with E-state index in [9.17, 15) is 9.90 Å². The van der Waals surface area contributed by atoms with Gasteiger partial charge in [0.15, 0.2) is 0 Å². The second kappa shape index (κ2) is 22.0. The molecule has 3 aromatic rings. The summed E-state index contributed by atoms with van der Waals surface area (Å²) in [7, 11) is 3.66. The number of nitrogens with two attached hydrogens (primary N) is 1. The standard InChI is InChI=1S/C29H33ClN2O2.C14H33N3.ClH/c1-31(2)27(33)29(24-9-5-3-6-10-24,25-11-7-4-8-12-25)19-22-32-20-17-28(34,18-21-32)23-13-15-26(30)16-14-23;1-6-13(16-12-11-15)14(7-2,8-3)17(9-4)10-5;/h3-16,34H,17-22H2,1-2H3;13,16H,6-12,15H2,1-5H3;1H. The van der Waals surface area contributed by atoms with Crippen LogP contribution in [0.4, 0.5) is 0 Å². The first-order valence-corrected chi connectivity index (χ1v) is 19.6. The van der Waals surface area contributed by atoms with Gasteiger partial charge in [-0.2, -0.15) is 0 Å². The van der Waals surface area contributed by atoms with E-state index in [1.54, 1.807) is 4.90 Å². The fourth-order valence-electron chi connectivity index (χ4n) is 8.39. The van der Waals surface area contributed by atoms with Crippen LogP contribution in [0.15, 0.2) is 84.9 Å². The van der Waals surface area contributed by atoms with E-state index >= 15 is 0 Å². The maximum Gasteiger partial charge on any atom is 0.237 e. The fraction of sp³-hybridized carbons (Fsp3) is 0.558. The summed E-state index contributed by atoms with van der Waals surface area (Å²) in [5, 5.41) is 15.6. The smallest absolute Gasteiger partial charge is 0.237 e. The third kappa shape index (κ3) is 10.8. The van der Waals surface area contributed by atoms with E-state index in [0.29, 0.717) is 30.3 Å². The molecule has 9 heteroatoms. The number of nitrogens with one attached hydrogen (secondary N) is 1. The Morgan fingerprint density at radius 3 is 1.79 bits per heavy atom. The average molecular weight is 757 g/mol. The Bertz CT molecular complexity index is 1370. The molecule has 290 valence electrons. The molecule has 7 nitrogen and oxygen atoms in total. The van der Waals surface area contributed by atoms with Crippen molar-refractivity contribution >= 4 is 29.9 Å². The molecule has 1 atom stereocenters. The van der Waals surface area contributed by atoms with Crippen LogP contribution in [0.5, 0.6) is 0 Å². The topological polar surface area (TPSA) is 85.1 Å². The second-order valence-electron chi connectivity index (χ2n) is 14.2. The molecule has 0 aromatic heterocycles. The van der Waals surface area contributed by atoms with Gasteiger partial charge >= 0.3 is 0 Å². The molecule has 52 heavy (non-hydrogen) atoms. The van der Waals surface area contributed by atoms with E-state index in [1.807, 2.05) is 74.8 Å². The van der Waals surface area contributed by atoms with Crippen LogP contribution >= 0.6 is 24.0 Å². The van der Waals surface area contributed by atoms with E-state index in [-0.39, 0.29) is 23.9 Å². The summed E-state index contributed by atoms with van der Waals surface area (Å²) in [6.07, 6.45) is 5.53. The Morgan fingerprint density at radius 2 is 1.38 bits per heavy atom. The summed E-state index contributed by atoms with van der Waals surface area (Å²) >= 11 is 6.03. The number of benzene rings is 3. The molecule has 4 rings (SSSR count). The van der Waals surface area contributed by atoms with Crippen molar-refractivity contribution in [2.24, 2.45) is 5.73 Å². The predicted octanol–water partition coefficient (Wildman–Crippen LogP) is 7.72. The molecule has 0 radical (unpaired) electrons. The normalized spacial score (nSPS) is 15.3. The number of likely N-dealkylation sites (tertiary alicyclic amines) is 1. The van der Waals surface area contributed by atoms with Crippen LogP contribution in [-0.4, -0.2) is 97.2 Å². The lowest BCUT2D eigenvalue weighted by Crippen LogP contribution is -2.61. The van der Waals surface area contributed by atoms with Crippen molar-refractivity contribution in [2.45, 2.75) is 95.7 Å². The van der Waals surface area contributed by atoms with Crippen LogP contribution in [0.25, 0.3) is 0 Å². The molecule has 1 aliphatic heterocycles. The van der Waals surface area contributed by atoms with Crippen molar-refractivity contribution in [3.63, 3.8) is 0 Å². The van der Waals surface area contributed by atoms with Gasteiger partial charge in [-0.3, -0.25) is 9.69 Å². The fourth-order valence-corrected chi connectivity index (χ4v) is 8.52. The molecule has 1 unspecified atom stereocenters. The van der Waals surface area contributed by atoms with Gasteiger partial charge in [-0.25, -0.2) is 0 Å². The highest BCUT2D eigenvalue weighted by Crippen LogP contribution is 2.39. The van der Waals surface area contributed by atoms with E-state index < -0.39 is 11.0 Å². The van der Waals surface area contributed by atoms with Crippen molar-refractivity contribution in [2.75, 3.05) is 59.9 Å². The Morgan fingerprint density at radius 1 is 0.885 bits per heavy atom. The molecule has 0 spiro atoms. The van der Waals surface area contributed by atoms with Crippen LogP contribution in [0.3, 0.4) is 0 Å². The Balaban J connectivity index is 0.000000444. The molecule has 0 bridgehead atoms. The van der Waals surface area contributed by atoms with Crippen LogP contribution in [-0.2, 0) is 15.8 Å². The molecule has 0 saturated carbocycles. The monoisotopic (exact) mass is 755 g/mol. The summed E-state index contributed by atoms with van der Waals surface area (Å²) < 4.78 is 0. The lowest BCUT2D eigenvalue weighted by molar-refractivity contribution is -0.133. The predicted molar refractivity (Wildman–Crippen MR) is 223 cm³/mol. The summed E-state index contributed by atoms with van der Waals surface area (Å²) in [6.45, 7) is 17.6. The van der Waals surface area contributed by atoms with Gasteiger partial charge in [0.1, 0.15) is 5.41 Å². The number of carbonyl (C=O) groups excluding carboxylic acids is 1. The first-order chi connectivity index (χ1) is 24.5. The molecule has 3 aromatic carbocycles. The van der Waals surface area contributed by atoms with Crippen molar-refractivity contribution in [3.8, 4) is 0 Å². The number of hydrogen-bond donors (Lipinski definition) is 3. The van der Waals surface area contributed by atoms with Gasteiger partial charge in [0.05, 0.1) is 5.60 Å². The van der Waals surface area contributed by atoms with E-state index in [1.165, 1.54) is 12.8 Å². The van der Waals surface area contributed by atoms with Crippen LogP contribution in [0.1, 0.15) is 89.8 Å². The van der Waals surface area contributed by atoms with Gasteiger partial charge in [-0.1, -0.05) is 119 Å². The minimum atomic E-state index is -0.837. The van der Waals surface area contributed by atoms with Crippen molar-refractivity contribution in [1.29, 1.82) is 0 Å². The zero-order valence-electron chi connectivity index (χ0n) is 32.9. The molecule has 1 saturated heterocycles. The molecule has 4 N–H and O–H groups in total. The van der Waals surface area contributed by atoms with Crippen molar-refractivity contribution in [1.82, 2.24) is 20.0 Å². The zero-order valence-corrected chi connectivity index (χ0v) is 34.5. The van der Waals surface area contributed by atoms with E-state index in [0.717, 1.165) is 68.9 Å². The number of amides is 1. The number of nitrogens with zero attached hydrogens (tertiary/aromatic N) is 3. The molecule has 1 aliphatic rings. The number of carbonyl (C=O) groups is 1. The highest BCUT2D eigenvalue weighted by molar-refractivity contribution is 6.30. The molecular formula is C43H67Cl2N5O2. The summed E-state index contributed by atoms with van der Waals surface area (Å²) in [4.78, 5) is 20.5. The van der Waals surface area contributed by atoms with Gasteiger partial charge in [0.25, 0.3) is 0 Å². The van der Waals surface area contributed by atoms with Crippen LogP contribution in [0.2, 0.25) is 5.02 Å². The number of hydrogen-bond acceptors (Lipinski definition) is 6. The lowest BCUT2D eigenvalue weighted by atomic mass is 9.70. The second-order valence-corrected chi connectivity index (χ2v) is 14.6. The third-order valence-electron chi connectivity index (χ3n) is 11.4. The highest BCUT2D eigenvalue weighted by atomic mass is 35.5. The molecule has 0 aliphatic carbocycles. The minimum Gasteiger partial charge on any atom is -0.385 e. The minimum absolute atomic E-state index is 0.